The highest BCUT2D eigenvalue weighted by Gasteiger charge is 2.00. The van der Waals surface area contributed by atoms with Crippen LogP contribution in [0.2, 0.25) is 0 Å². The second kappa shape index (κ2) is 7.05. The first-order valence-corrected chi connectivity index (χ1v) is 7.67. The second-order valence-electron chi connectivity index (χ2n) is 5.50. The first-order valence-electron chi connectivity index (χ1n) is 7.67. The third-order valence-electron chi connectivity index (χ3n) is 3.64. The highest BCUT2D eigenvalue weighted by Crippen LogP contribution is 2.07. The Morgan fingerprint density at radius 3 is 2.68 bits per heavy atom. The Balaban J connectivity index is 1.49. The van der Waals surface area contributed by atoms with Crippen LogP contribution in [0.4, 0.5) is 0 Å². The minimum atomic E-state index is 0.797. The minimum absolute atomic E-state index is 0.797. The maximum Gasteiger partial charge on any atom is 0.0766 e. The molecule has 22 heavy (non-hydrogen) atoms. The molecule has 0 radical (unpaired) electrons. The van der Waals surface area contributed by atoms with E-state index in [0.717, 1.165) is 30.9 Å². The van der Waals surface area contributed by atoms with Crippen molar-refractivity contribution < 1.29 is 0 Å². The van der Waals surface area contributed by atoms with E-state index in [4.69, 9.17) is 0 Å². The SMILES string of the molecule is Cc1cccc(CCNCc2ccn(-c3ccccc3)n2)c1. The van der Waals surface area contributed by atoms with Gasteiger partial charge in [0.15, 0.2) is 0 Å². The molecule has 0 atom stereocenters. The number of rotatable bonds is 6. The van der Waals surface area contributed by atoms with Gasteiger partial charge in [-0.3, -0.25) is 0 Å². The van der Waals surface area contributed by atoms with E-state index in [1.165, 1.54) is 11.1 Å². The number of para-hydroxylation sites is 1. The lowest BCUT2D eigenvalue weighted by atomic mass is 10.1. The van der Waals surface area contributed by atoms with Crippen LogP contribution in [0.15, 0.2) is 66.9 Å². The summed E-state index contributed by atoms with van der Waals surface area (Å²) in [6.07, 6.45) is 3.05. The highest BCUT2D eigenvalue weighted by atomic mass is 15.3. The van der Waals surface area contributed by atoms with E-state index in [0.29, 0.717) is 0 Å². The van der Waals surface area contributed by atoms with Crippen LogP contribution in [0.25, 0.3) is 5.69 Å². The van der Waals surface area contributed by atoms with Crippen LogP contribution in [0.1, 0.15) is 16.8 Å². The summed E-state index contributed by atoms with van der Waals surface area (Å²) in [6, 6.07) is 20.9. The van der Waals surface area contributed by atoms with Gasteiger partial charge >= 0.3 is 0 Å². The maximum absolute atomic E-state index is 4.59. The largest absolute Gasteiger partial charge is 0.311 e. The van der Waals surface area contributed by atoms with Crippen molar-refractivity contribution in [2.45, 2.75) is 19.9 Å². The van der Waals surface area contributed by atoms with Gasteiger partial charge < -0.3 is 5.32 Å². The molecule has 1 N–H and O–H groups in total. The molecule has 2 aromatic carbocycles. The molecule has 0 bridgehead atoms. The Hall–Kier alpha value is -2.39. The van der Waals surface area contributed by atoms with Gasteiger partial charge in [0.2, 0.25) is 0 Å². The molecule has 0 amide bonds. The fraction of sp³-hybridized carbons (Fsp3) is 0.211. The van der Waals surface area contributed by atoms with Crippen molar-refractivity contribution in [1.82, 2.24) is 15.1 Å². The van der Waals surface area contributed by atoms with E-state index in [2.05, 4.69) is 59.8 Å². The molecule has 1 heterocycles. The number of nitrogens with one attached hydrogen (secondary N) is 1. The lowest BCUT2D eigenvalue weighted by Crippen LogP contribution is -2.17. The molecule has 0 saturated carbocycles. The number of hydrogen-bond donors (Lipinski definition) is 1. The third-order valence-corrected chi connectivity index (χ3v) is 3.64. The van der Waals surface area contributed by atoms with Crippen molar-refractivity contribution in [1.29, 1.82) is 0 Å². The maximum atomic E-state index is 4.59. The van der Waals surface area contributed by atoms with E-state index in [-0.39, 0.29) is 0 Å². The number of aryl methyl sites for hydroxylation is 1. The van der Waals surface area contributed by atoms with Gasteiger partial charge in [0.05, 0.1) is 11.4 Å². The number of nitrogens with zero attached hydrogens (tertiary/aromatic N) is 2. The molecule has 0 aliphatic carbocycles. The topological polar surface area (TPSA) is 29.9 Å². The third kappa shape index (κ3) is 3.83. The predicted octanol–water partition coefficient (Wildman–Crippen LogP) is 3.51. The molecule has 112 valence electrons. The Morgan fingerprint density at radius 2 is 1.86 bits per heavy atom. The van der Waals surface area contributed by atoms with Gasteiger partial charge in [-0.1, -0.05) is 48.0 Å². The molecular formula is C19H21N3. The number of hydrogen-bond acceptors (Lipinski definition) is 2. The van der Waals surface area contributed by atoms with Gasteiger partial charge in [-0.2, -0.15) is 5.10 Å². The van der Waals surface area contributed by atoms with Crippen LogP contribution < -0.4 is 5.32 Å². The zero-order valence-electron chi connectivity index (χ0n) is 12.9. The Morgan fingerprint density at radius 1 is 1.00 bits per heavy atom. The first-order chi connectivity index (χ1) is 10.8. The fourth-order valence-corrected chi connectivity index (χ4v) is 2.50. The van der Waals surface area contributed by atoms with E-state index < -0.39 is 0 Å². The van der Waals surface area contributed by atoms with Gasteiger partial charge in [-0.05, 0) is 43.7 Å². The van der Waals surface area contributed by atoms with Crippen LogP contribution in [0.5, 0.6) is 0 Å². The lowest BCUT2D eigenvalue weighted by Gasteiger charge is -2.04. The quantitative estimate of drug-likeness (QED) is 0.704. The summed E-state index contributed by atoms with van der Waals surface area (Å²) in [5.74, 6) is 0. The fourth-order valence-electron chi connectivity index (χ4n) is 2.50. The Labute approximate surface area is 131 Å². The molecule has 1 aromatic heterocycles. The molecule has 0 aliphatic rings. The molecule has 3 rings (SSSR count). The summed E-state index contributed by atoms with van der Waals surface area (Å²) in [7, 11) is 0. The van der Waals surface area contributed by atoms with Crippen LogP contribution >= 0.6 is 0 Å². The summed E-state index contributed by atoms with van der Waals surface area (Å²) in [6.45, 7) is 3.89. The normalized spacial score (nSPS) is 10.8. The average molecular weight is 291 g/mol. The van der Waals surface area contributed by atoms with Crippen molar-refractivity contribution in [2.75, 3.05) is 6.54 Å². The van der Waals surface area contributed by atoms with Crippen molar-refractivity contribution in [2.24, 2.45) is 0 Å². The van der Waals surface area contributed by atoms with Gasteiger partial charge in [-0.25, -0.2) is 4.68 Å². The highest BCUT2D eigenvalue weighted by molar-refractivity contribution is 5.30. The monoisotopic (exact) mass is 291 g/mol. The molecule has 0 saturated heterocycles. The molecular weight excluding hydrogens is 270 g/mol. The van der Waals surface area contributed by atoms with Crippen LogP contribution in [0.3, 0.4) is 0 Å². The summed E-state index contributed by atoms with van der Waals surface area (Å²) >= 11 is 0. The molecule has 0 aliphatic heterocycles. The Bertz CT molecular complexity index is 716. The number of benzene rings is 2. The summed E-state index contributed by atoms with van der Waals surface area (Å²) in [5, 5.41) is 8.05. The molecule has 3 heteroatoms. The lowest BCUT2D eigenvalue weighted by molar-refractivity contribution is 0.665. The zero-order chi connectivity index (χ0) is 15.2. The molecule has 0 unspecified atom stereocenters. The first kappa shape index (κ1) is 14.5. The average Bonchev–Trinajstić information content (AvgIpc) is 3.01. The van der Waals surface area contributed by atoms with E-state index in [1.54, 1.807) is 0 Å². The summed E-state index contributed by atoms with van der Waals surface area (Å²) < 4.78 is 1.91. The molecule has 3 nitrogen and oxygen atoms in total. The second-order valence-corrected chi connectivity index (χ2v) is 5.50. The predicted molar refractivity (Wildman–Crippen MR) is 90.2 cm³/mol. The smallest absolute Gasteiger partial charge is 0.0766 e. The van der Waals surface area contributed by atoms with Crippen molar-refractivity contribution in [3.8, 4) is 5.69 Å². The van der Waals surface area contributed by atoms with Crippen LogP contribution in [0, 0.1) is 6.92 Å². The molecule has 0 fully saturated rings. The van der Waals surface area contributed by atoms with E-state index in [1.807, 2.05) is 29.1 Å². The summed E-state index contributed by atoms with van der Waals surface area (Å²) in [4.78, 5) is 0. The van der Waals surface area contributed by atoms with E-state index >= 15 is 0 Å². The number of aromatic nitrogens is 2. The van der Waals surface area contributed by atoms with Gasteiger partial charge in [0.25, 0.3) is 0 Å². The standard InChI is InChI=1S/C19H21N3/c1-16-6-5-7-17(14-16)10-12-20-15-18-11-13-22(21-18)19-8-3-2-4-9-19/h2-9,11,13-14,20H,10,12,15H2,1H3. The summed E-state index contributed by atoms with van der Waals surface area (Å²) in [5.41, 5.74) is 4.85. The minimum Gasteiger partial charge on any atom is -0.311 e. The van der Waals surface area contributed by atoms with Crippen LogP contribution in [-0.2, 0) is 13.0 Å². The van der Waals surface area contributed by atoms with Crippen molar-refractivity contribution in [3.05, 3.63) is 83.7 Å². The van der Waals surface area contributed by atoms with Crippen LogP contribution in [-0.4, -0.2) is 16.3 Å². The van der Waals surface area contributed by atoms with Crippen molar-refractivity contribution >= 4 is 0 Å². The van der Waals surface area contributed by atoms with Crippen molar-refractivity contribution in [3.63, 3.8) is 0 Å². The van der Waals surface area contributed by atoms with E-state index in [9.17, 15) is 0 Å². The van der Waals surface area contributed by atoms with Gasteiger partial charge in [0, 0.05) is 12.7 Å². The Kier molecular flexibility index (Phi) is 4.66. The van der Waals surface area contributed by atoms with Gasteiger partial charge in [-0.15, -0.1) is 0 Å². The molecule has 3 aromatic rings. The van der Waals surface area contributed by atoms with Gasteiger partial charge in [0.1, 0.15) is 0 Å². The zero-order valence-corrected chi connectivity index (χ0v) is 12.9. The molecule has 0 spiro atoms.